The average molecular weight is 457 g/mol. The highest BCUT2D eigenvalue weighted by Crippen LogP contribution is 2.34. The number of nitrogens with zero attached hydrogens (tertiary/aromatic N) is 2. The third-order valence-corrected chi connectivity index (χ3v) is 7.23. The zero-order valence-electron chi connectivity index (χ0n) is 20.0. The Morgan fingerprint density at radius 2 is 1.97 bits per heavy atom. The van der Waals surface area contributed by atoms with Crippen molar-refractivity contribution < 1.29 is 14.3 Å². The topological polar surface area (TPSA) is 49.9 Å². The molecular formula is C26H36N2O3S. The summed E-state index contributed by atoms with van der Waals surface area (Å²) in [5, 5.41) is 2.09. The lowest BCUT2D eigenvalue weighted by atomic mass is 10.00. The van der Waals surface area contributed by atoms with Gasteiger partial charge in [-0.05, 0) is 61.2 Å². The molecular weight excluding hydrogens is 420 g/mol. The van der Waals surface area contributed by atoms with E-state index in [0.29, 0.717) is 19.6 Å². The molecule has 0 radical (unpaired) electrons. The van der Waals surface area contributed by atoms with Crippen molar-refractivity contribution in [2.24, 2.45) is 5.92 Å². The summed E-state index contributed by atoms with van der Waals surface area (Å²) in [5.41, 5.74) is 2.25. The number of rotatable bonds is 9. The maximum Gasteiger partial charge on any atom is 0.242 e. The normalized spacial score (nSPS) is 16.6. The first kappa shape index (κ1) is 24.3. The van der Waals surface area contributed by atoms with Crippen LogP contribution in [0.15, 0.2) is 35.7 Å². The molecule has 1 aliphatic rings. The molecule has 5 nitrogen and oxygen atoms in total. The predicted molar refractivity (Wildman–Crippen MR) is 130 cm³/mol. The van der Waals surface area contributed by atoms with Crippen LogP contribution in [0.2, 0.25) is 0 Å². The van der Waals surface area contributed by atoms with Crippen molar-refractivity contribution in [2.75, 3.05) is 19.7 Å². The zero-order valence-corrected chi connectivity index (χ0v) is 20.8. The van der Waals surface area contributed by atoms with Crippen LogP contribution in [0.3, 0.4) is 0 Å². The third kappa shape index (κ3) is 5.71. The van der Waals surface area contributed by atoms with Crippen LogP contribution in [0.4, 0.5) is 0 Å². The molecule has 0 unspecified atom stereocenters. The van der Waals surface area contributed by atoms with Gasteiger partial charge in [0.1, 0.15) is 18.9 Å². The standard InChI is InChI=1S/C26H36N2O3S/c1-6-20(5)28(25(29)15-18(2)3)16-26(30)27-13-11-24-21(12-14-32-24)22(27)17-31-23-10-8-7-9-19(23)4/h7-10,12,14,18,20,22H,6,11,13,15-17H2,1-5H3/t20-,22+/m0/s1. The van der Waals surface area contributed by atoms with Gasteiger partial charge in [-0.1, -0.05) is 39.0 Å². The van der Waals surface area contributed by atoms with Crippen LogP contribution in [0.5, 0.6) is 5.75 Å². The first-order chi connectivity index (χ1) is 15.3. The Labute approximate surface area is 196 Å². The molecule has 0 aliphatic carbocycles. The molecule has 1 aromatic heterocycles. The predicted octanol–water partition coefficient (Wildman–Crippen LogP) is 5.23. The molecule has 0 N–H and O–H groups in total. The third-order valence-electron chi connectivity index (χ3n) is 6.24. The van der Waals surface area contributed by atoms with Crippen LogP contribution in [0, 0.1) is 12.8 Å². The van der Waals surface area contributed by atoms with Crippen molar-refractivity contribution in [1.82, 2.24) is 9.80 Å². The van der Waals surface area contributed by atoms with E-state index >= 15 is 0 Å². The van der Waals surface area contributed by atoms with Gasteiger partial charge in [0.15, 0.2) is 0 Å². The molecule has 2 aromatic rings. The molecule has 2 amide bonds. The second-order valence-corrected chi connectivity index (χ2v) is 10.1. The Kier molecular flexibility index (Phi) is 8.35. The molecule has 0 bridgehead atoms. The molecule has 2 heterocycles. The van der Waals surface area contributed by atoms with E-state index in [4.69, 9.17) is 4.74 Å². The maximum atomic E-state index is 13.5. The van der Waals surface area contributed by atoms with Crippen molar-refractivity contribution in [2.45, 2.75) is 66.0 Å². The van der Waals surface area contributed by atoms with Crippen molar-refractivity contribution in [1.29, 1.82) is 0 Å². The van der Waals surface area contributed by atoms with Crippen molar-refractivity contribution in [3.8, 4) is 5.75 Å². The number of amides is 2. The van der Waals surface area contributed by atoms with Crippen LogP contribution >= 0.6 is 11.3 Å². The number of aryl methyl sites for hydroxylation is 1. The van der Waals surface area contributed by atoms with Crippen molar-refractivity contribution >= 4 is 23.2 Å². The molecule has 174 valence electrons. The van der Waals surface area contributed by atoms with Crippen LogP contribution in [0.1, 0.15) is 62.6 Å². The summed E-state index contributed by atoms with van der Waals surface area (Å²) in [4.78, 5) is 31.4. The van der Waals surface area contributed by atoms with Gasteiger partial charge < -0.3 is 14.5 Å². The average Bonchev–Trinajstić information content (AvgIpc) is 3.24. The lowest BCUT2D eigenvalue weighted by Gasteiger charge is -2.38. The van der Waals surface area contributed by atoms with E-state index in [1.165, 1.54) is 10.4 Å². The Bertz CT molecular complexity index is 923. The monoisotopic (exact) mass is 456 g/mol. The van der Waals surface area contributed by atoms with Crippen LogP contribution in [-0.4, -0.2) is 47.4 Å². The van der Waals surface area contributed by atoms with E-state index < -0.39 is 0 Å². The fourth-order valence-electron chi connectivity index (χ4n) is 4.17. The van der Waals surface area contributed by atoms with E-state index in [1.807, 2.05) is 56.9 Å². The highest BCUT2D eigenvalue weighted by Gasteiger charge is 2.34. The molecule has 1 aromatic carbocycles. The minimum atomic E-state index is -0.143. The van der Waals surface area contributed by atoms with Gasteiger partial charge in [0.25, 0.3) is 0 Å². The minimum absolute atomic E-state index is 0.00219. The number of benzene rings is 1. The number of hydrogen-bond acceptors (Lipinski definition) is 4. The highest BCUT2D eigenvalue weighted by atomic mass is 32.1. The van der Waals surface area contributed by atoms with Gasteiger partial charge in [-0.15, -0.1) is 11.3 Å². The lowest BCUT2D eigenvalue weighted by Crippen LogP contribution is -2.50. The van der Waals surface area contributed by atoms with Crippen molar-refractivity contribution in [3.05, 3.63) is 51.7 Å². The van der Waals surface area contributed by atoms with Crippen LogP contribution in [0.25, 0.3) is 0 Å². The molecule has 1 aliphatic heterocycles. The molecule has 3 rings (SSSR count). The summed E-state index contributed by atoms with van der Waals surface area (Å²) in [6.07, 6.45) is 2.14. The van der Waals surface area contributed by atoms with Gasteiger partial charge in [-0.25, -0.2) is 0 Å². The Balaban J connectivity index is 1.79. The minimum Gasteiger partial charge on any atom is -0.491 e. The second-order valence-electron chi connectivity index (χ2n) is 9.11. The number of para-hydroxylation sites is 1. The van der Waals surface area contributed by atoms with Gasteiger partial charge in [0.2, 0.25) is 11.8 Å². The Morgan fingerprint density at radius 1 is 1.22 bits per heavy atom. The zero-order chi connectivity index (χ0) is 23.3. The molecule has 6 heteroatoms. The van der Waals surface area contributed by atoms with E-state index in [9.17, 15) is 9.59 Å². The van der Waals surface area contributed by atoms with Crippen LogP contribution < -0.4 is 4.74 Å². The summed E-state index contributed by atoms with van der Waals surface area (Å²) >= 11 is 1.74. The molecule has 2 atom stereocenters. The van der Waals surface area contributed by atoms with E-state index in [-0.39, 0.29) is 36.4 Å². The summed E-state index contributed by atoms with van der Waals surface area (Å²) in [7, 11) is 0. The molecule has 0 saturated carbocycles. The smallest absolute Gasteiger partial charge is 0.242 e. The Hall–Kier alpha value is -2.34. The molecule has 32 heavy (non-hydrogen) atoms. The summed E-state index contributed by atoms with van der Waals surface area (Å²) in [6.45, 7) is 11.4. The number of carbonyl (C=O) groups is 2. The summed E-state index contributed by atoms with van der Waals surface area (Å²) < 4.78 is 6.19. The van der Waals surface area contributed by atoms with Gasteiger partial charge >= 0.3 is 0 Å². The van der Waals surface area contributed by atoms with Crippen LogP contribution in [-0.2, 0) is 16.0 Å². The van der Waals surface area contributed by atoms with E-state index in [0.717, 1.165) is 24.2 Å². The molecule has 0 spiro atoms. The second kappa shape index (κ2) is 11.0. The molecule has 0 fully saturated rings. The maximum absolute atomic E-state index is 13.5. The summed E-state index contributed by atoms with van der Waals surface area (Å²) in [6, 6.07) is 9.96. The highest BCUT2D eigenvalue weighted by molar-refractivity contribution is 7.10. The van der Waals surface area contributed by atoms with Gasteiger partial charge in [0, 0.05) is 23.9 Å². The van der Waals surface area contributed by atoms with Gasteiger partial charge in [0.05, 0.1) is 6.04 Å². The fourth-order valence-corrected chi connectivity index (χ4v) is 5.10. The van der Waals surface area contributed by atoms with Crippen molar-refractivity contribution in [3.63, 3.8) is 0 Å². The fraction of sp³-hybridized carbons (Fsp3) is 0.538. The van der Waals surface area contributed by atoms with E-state index in [2.05, 4.69) is 18.4 Å². The number of carbonyl (C=O) groups excluding carboxylic acids is 2. The largest absolute Gasteiger partial charge is 0.491 e. The van der Waals surface area contributed by atoms with Gasteiger partial charge in [-0.2, -0.15) is 0 Å². The molecule has 0 saturated heterocycles. The first-order valence-electron chi connectivity index (χ1n) is 11.6. The number of ether oxygens (including phenoxy) is 1. The number of fused-ring (bicyclic) bond motifs is 1. The number of thiophene rings is 1. The SMILES string of the molecule is CC[C@H](C)N(CC(=O)N1CCc2sccc2[C@H]1COc1ccccc1C)C(=O)CC(C)C. The van der Waals surface area contributed by atoms with Gasteiger partial charge in [-0.3, -0.25) is 9.59 Å². The lowest BCUT2D eigenvalue weighted by molar-refractivity contribution is -0.144. The van der Waals surface area contributed by atoms with E-state index in [1.54, 1.807) is 16.2 Å². The quantitative estimate of drug-likeness (QED) is 0.519. The Morgan fingerprint density at radius 3 is 2.66 bits per heavy atom. The summed E-state index contributed by atoms with van der Waals surface area (Å²) in [5.74, 6) is 1.17. The number of hydrogen-bond donors (Lipinski definition) is 0. The first-order valence-corrected chi connectivity index (χ1v) is 12.5.